The number of hydrogen-bond donors (Lipinski definition) is 2. The maximum absolute atomic E-state index is 14.3. The molecule has 1 spiro atoms. The lowest BCUT2D eigenvalue weighted by atomic mass is 9.88. The van der Waals surface area contributed by atoms with E-state index < -0.39 is 5.82 Å². The first-order chi connectivity index (χ1) is 17.4. The van der Waals surface area contributed by atoms with E-state index in [-0.39, 0.29) is 47.0 Å². The summed E-state index contributed by atoms with van der Waals surface area (Å²) in [6.07, 6.45) is 6.59. The summed E-state index contributed by atoms with van der Waals surface area (Å²) in [6.45, 7) is 0.590. The van der Waals surface area contributed by atoms with E-state index in [1.54, 1.807) is 4.90 Å². The first kappa shape index (κ1) is 23.3. The minimum Gasteiger partial charge on any atom is -0.481 e. The molecule has 11 nitrogen and oxygen atoms in total. The predicted molar refractivity (Wildman–Crippen MR) is 123 cm³/mol. The van der Waals surface area contributed by atoms with Gasteiger partial charge in [0.05, 0.1) is 31.1 Å². The molecule has 0 aromatic carbocycles. The second-order valence-electron chi connectivity index (χ2n) is 8.96. The fourth-order valence-electron chi connectivity index (χ4n) is 4.61. The smallest absolute Gasteiger partial charge is 0.274 e. The maximum Gasteiger partial charge on any atom is 0.274 e. The number of hydrogen-bond acceptors (Lipinski definition) is 8. The van der Waals surface area contributed by atoms with Gasteiger partial charge < -0.3 is 15.0 Å². The Kier molecular flexibility index (Phi) is 6.05. The minimum atomic E-state index is -0.560. The number of ether oxygens (including phenoxy) is 1. The molecule has 2 N–H and O–H groups in total. The van der Waals surface area contributed by atoms with Gasteiger partial charge in [-0.25, -0.2) is 19.3 Å². The number of carbonyl (C=O) groups is 2. The van der Waals surface area contributed by atoms with Crippen LogP contribution in [0.25, 0.3) is 11.3 Å². The van der Waals surface area contributed by atoms with Gasteiger partial charge in [0.1, 0.15) is 11.9 Å². The Morgan fingerprint density at radius 1 is 1.28 bits per heavy atom. The van der Waals surface area contributed by atoms with E-state index in [0.29, 0.717) is 36.5 Å². The summed E-state index contributed by atoms with van der Waals surface area (Å²) in [5.74, 6) is -0.476. The van der Waals surface area contributed by atoms with Crippen LogP contribution in [0.5, 0.6) is 5.88 Å². The number of aromatic amines is 1. The molecule has 2 aliphatic rings. The van der Waals surface area contributed by atoms with Crippen LogP contribution in [0.2, 0.25) is 0 Å². The average Bonchev–Trinajstić information content (AvgIpc) is 3.48. The Balaban J connectivity index is 1.23. The van der Waals surface area contributed by atoms with Crippen molar-refractivity contribution in [1.82, 2.24) is 35.4 Å². The highest BCUT2D eigenvalue weighted by Gasteiger charge is 2.54. The van der Waals surface area contributed by atoms with E-state index in [2.05, 4.69) is 30.5 Å². The number of nitriles is 1. The zero-order chi connectivity index (χ0) is 25.3. The van der Waals surface area contributed by atoms with E-state index in [0.717, 1.165) is 19.0 Å². The summed E-state index contributed by atoms with van der Waals surface area (Å²) < 4.78 is 19.4. The van der Waals surface area contributed by atoms with Gasteiger partial charge in [0.2, 0.25) is 11.8 Å². The molecule has 36 heavy (non-hydrogen) atoms. The number of amides is 2. The first-order valence-corrected chi connectivity index (χ1v) is 11.5. The number of aromatic nitrogens is 5. The van der Waals surface area contributed by atoms with Crippen LogP contribution in [-0.4, -0.2) is 61.1 Å². The number of halogens is 1. The van der Waals surface area contributed by atoms with Crippen LogP contribution in [-0.2, 0) is 11.3 Å². The molecule has 0 unspecified atom stereocenters. The molecule has 2 amide bonds. The molecule has 1 aliphatic heterocycles. The fraction of sp³-hybridized carbons (Fsp3) is 0.375. The summed E-state index contributed by atoms with van der Waals surface area (Å²) in [5, 5.41) is 18.6. The van der Waals surface area contributed by atoms with Crippen LogP contribution >= 0.6 is 0 Å². The Labute approximate surface area is 205 Å². The molecule has 0 bridgehead atoms. The van der Waals surface area contributed by atoms with Crippen molar-refractivity contribution in [1.29, 1.82) is 5.26 Å². The van der Waals surface area contributed by atoms with Gasteiger partial charge in [-0.1, -0.05) is 0 Å². The third-order valence-corrected chi connectivity index (χ3v) is 6.72. The van der Waals surface area contributed by atoms with Crippen LogP contribution < -0.4 is 10.1 Å². The normalized spacial score (nSPS) is 17.9. The molecular formula is C24H23FN8O3. The van der Waals surface area contributed by atoms with Gasteiger partial charge in [-0.05, 0) is 31.7 Å². The molecule has 0 radical (unpaired) electrons. The van der Waals surface area contributed by atoms with Crippen molar-refractivity contribution < 1.29 is 18.7 Å². The molecular weight excluding hydrogens is 467 g/mol. The van der Waals surface area contributed by atoms with Gasteiger partial charge >= 0.3 is 0 Å². The molecule has 4 heterocycles. The van der Waals surface area contributed by atoms with Crippen LogP contribution in [0.1, 0.15) is 47.6 Å². The zero-order valence-corrected chi connectivity index (χ0v) is 19.5. The van der Waals surface area contributed by atoms with Crippen molar-refractivity contribution in [3.05, 3.63) is 53.6 Å². The molecule has 184 valence electrons. The number of piperidine rings is 1. The lowest BCUT2D eigenvalue weighted by Crippen LogP contribution is -2.50. The molecule has 5 rings (SSSR count). The summed E-state index contributed by atoms with van der Waals surface area (Å²) >= 11 is 0. The van der Waals surface area contributed by atoms with Crippen LogP contribution in [0.4, 0.5) is 4.39 Å². The zero-order valence-electron chi connectivity index (χ0n) is 19.5. The molecule has 1 saturated carbocycles. The number of carbonyl (C=O) groups excluding carboxylic acids is 2. The van der Waals surface area contributed by atoms with Gasteiger partial charge in [-0.15, -0.1) is 0 Å². The van der Waals surface area contributed by atoms with Gasteiger partial charge in [0.15, 0.2) is 11.5 Å². The maximum atomic E-state index is 14.3. The largest absolute Gasteiger partial charge is 0.481 e. The van der Waals surface area contributed by atoms with Crippen molar-refractivity contribution in [2.24, 2.45) is 5.92 Å². The summed E-state index contributed by atoms with van der Waals surface area (Å²) in [6, 6.07) is 4.91. The molecule has 2 fully saturated rings. The number of rotatable bonds is 6. The predicted octanol–water partition coefficient (Wildman–Crippen LogP) is 1.98. The average molecular weight is 490 g/mol. The molecule has 3 aromatic rings. The van der Waals surface area contributed by atoms with E-state index in [1.165, 1.54) is 31.6 Å². The van der Waals surface area contributed by atoms with Crippen molar-refractivity contribution >= 4 is 11.8 Å². The topological polar surface area (TPSA) is 150 Å². The number of H-pyrrole nitrogens is 1. The monoisotopic (exact) mass is 490 g/mol. The highest BCUT2D eigenvalue weighted by atomic mass is 19.1. The van der Waals surface area contributed by atoms with E-state index in [4.69, 9.17) is 10.00 Å². The highest BCUT2D eigenvalue weighted by Crippen LogP contribution is 2.50. The van der Waals surface area contributed by atoms with Crippen molar-refractivity contribution in [2.45, 2.75) is 37.8 Å². The molecule has 1 atom stereocenters. The molecule has 12 heteroatoms. The van der Waals surface area contributed by atoms with Gasteiger partial charge in [0.25, 0.3) is 5.91 Å². The summed E-state index contributed by atoms with van der Waals surface area (Å²) in [5.41, 5.74) is 0.726. The Hall–Kier alpha value is -4.40. The van der Waals surface area contributed by atoms with Crippen LogP contribution in [0.3, 0.4) is 0 Å². The summed E-state index contributed by atoms with van der Waals surface area (Å²) in [7, 11) is 1.44. The Morgan fingerprint density at radius 3 is 2.75 bits per heavy atom. The Bertz CT molecular complexity index is 1350. The van der Waals surface area contributed by atoms with Gasteiger partial charge in [0, 0.05) is 42.0 Å². The molecule has 1 aliphatic carbocycles. The Morgan fingerprint density at radius 2 is 2.06 bits per heavy atom. The lowest BCUT2D eigenvalue weighted by molar-refractivity contribution is -0.127. The van der Waals surface area contributed by atoms with Crippen molar-refractivity contribution in [2.75, 3.05) is 13.7 Å². The minimum absolute atomic E-state index is 0.106. The lowest BCUT2D eigenvalue weighted by Gasteiger charge is -2.39. The highest BCUT2D eigenvalue weighted by molar-refractivity contribution is 5.94. The number of methoxy groups -OCH3 is 1. The number of likely N-dealkylation sites (tertiary alicyclic amines) is 1. The quantitative estimate of drug-likeness (QED) is 0.533. The van der Waals surface area contributed by atoms with E-state index in [9.17, 15) is 14.0 Å². The second kappa shape index (κ2) is 9.33. The standard InChI is InChI=1S/C24H23FN8O3/c1-36-21-6-16(17(25)12-29-21)18-7-19(32-31-18)23(35)33-5-2-15(8-24(33)3-4-24)22(34)30-13-20-27-10-14(9-26)11-28-20/h6-7,10-12,15H,2-5,8,13H2,1H3,(H,30,34)(H,31,32)/t15-/m0/s1. The third kappa shape index (κ3) is 4.47. The fourth-order valence-corrected chi connectivity index (χ4v) is 4.61. The van der Waals surface area contributed by atoms with Crippen LogP contribution in [0, 0.1) is 23.1 Å². The third-order valence-electron chi connectivity index (χ3n) is 6.72. The van der Waals surface area contributed by atoms with E-state index in [1.807, 2.05) is 6.07 Å². The number of nitrogens with one attached hydrogen (secondary N) is 2. The molecule has 3 aromatic heterocycles. The van der Waals surface area contributed by atoms with Crippen molar-refractivity contribution in [3.8, 4) is 23.2 Å². The second-order valence-corrected chi connectivity index (χ2v) is 8.96. The van der Waals surface area contributed by atoms with Gasteiger partial charge in [-0.2, -0.15) is 10.4 Å². The van der Waals surface area contributed by atoms with Crippen molar-refractivity contribution in [3.63, 3.8) is 0 Å². The SMILES string of the molecule is COc1cc(-c2cc(C(=O)N3CC[C@H](C(=O)NCc4ncc(C#N)cn4)CC34CC4)n[nH]2)c(F)cn1. The van der Waals surface area contributed by atoms with E-state index >= 15 is 0 Å². The number of pyridine rings is 1. The van der Waals surface area contributed by atoms with Gasteiger partial charge in [-0.3, -0.25) is 14.7 Å². The van der Waals surface area contributed by atoms with Crippen LogP contribution in [0.15, 0.2) is 30.7 Å². The summed E-state index contributed by atoms with van der Waals surface area (Å²) in [4.78, 5) is 39.9. The first-order valence-electron chi connectivity index (χ1n) is 11.5. The number of nitrogens with zero attached hydrogens (tertiary/aromatic N) is 6. The molecule has 1 saturated heterocycles.